The molecule has 0 aromatic rings. The quantitative estimate of drug-likeness (QED) is 0.523. The molecule has 0 spiro atoms. The topological polar surface area (TPSA) is 52.9 Å². The van der Waals surface area contributed by atoms with E-state index in [9.17, 15) is 4.79 Å². The third kappa shape index (κ3) is 3.05. The molecule has 0 aliphatic carbocycles. The first-order chi connectivity index (χ1) is 6.74. The van der Waals surface area contributed by atoms with Crippen LogP contribution >= 0.6 is 0 Å². The van der Waals surface area contributed by atoms with E-state index >= 15 is 0 Å². The maximum absolute atomic E-state index is 10.2. The van der Waals surface area contributed by atoms with Crippen LogP contribution in [0.1, 0.15) is 6.42 Å². The van der Waals surface area contributed by atoms with Crippen molar-refractivity contribution < 1.29 is 9.90 Å². The predicted molar refractivity (Wildman–Crippen MR) is 55.5 cm³/mol. The highest BCUT2D eigenvalue weighted by Crippen LogP contribution is 2.05. The van der Waals surface area contributed by atoms with Crippen LogP contribution < -0.4 is 0 Å². The molecule has 0 saturated carbocycles. The van der Waals surface area contributed by atoms with Gasteiger partial charge in [0, 0.05) is 25.6 Å². The molecule has 0 bridgehead atoms. The van der Waals surface area contributed by atoms with Crippen LogP contribution in [-0.2, 0) is 4.79 Å². The summed E-state index contributed by atoms with van der Waals surface area (Å²) in [6.45, 7) is 5.92. The van der Waals surface area contributed by atoms with Gasteiger partial charge in [0.05, 0.1) is 6.54 Å². The van der Waals surface area contributed by atoms with Crippen LogP contribution in [-0.4, -0.2) is 41.4 Å². The monoisotopic (exact) mass is 194 g/mol. The Balaban J connectivity index is 2.41. The molecular formula is C10H14N2O2. The summed E-state index contributed by atoms with van der Waals surface area (Å²) in [4.78, 5) is 16.6. The van der Waals surface area contributed by atoms with E-state index in [0.29, 0.717) is 6.54 Å². The highest BCUT2D eigenvalue weighted by Gasteiger charge is 2.13. The van der Waals surface area contributed by atoms with Crippen molar-refractivity contribution in [3.8, 4) is 0 Å². The number of carbonyl (C=O) groups is 1. The van der Waals surface area contributed by atoms with Crippen LogP contribution in [0.5, 0.6) is 0 Å². The molecule has 1 aliphatic rings. The molecule has 14 heavy (non-hydrogen) atoms. The average molecular weight is 194 g/mol. The molecule has 1 aliphatic heterocycles. The SMILES string of the molecule is C=CCC1=NCCN1CC=CC(=O)O. The molecule has 1 N–H and O–H groups in total. The van der Waals surface area contributed by atoms with Gasteiger partial charge in [-0.05, 0) is 0 Å². The van der Waals surface area contributed by atoms with Crippen LogP contribution in [0.2, 0.25) is 0 Å². The van der Waals surface area contributed by atoms with Crippen molar-refractivity contribution in [1.82, 2.24) is 4.90 Å². The van der Waals surface area contributed by atoms with Gasteiger partial charge in [-0.2, -0.15) is 0 Å². The molecule has 4 heteroatoms. The molecule has 0 aromatic carbocycles. The summed E-state index contributed by atoms with van der Waals surface area (Å²) in [7, 11) is 0. The van der Waals surface area contributed by atoms with Gasteiger partial charge >= 0.3 is 5.97 Å². The molecule has 0 saturated heterocycles. The van der Waals surface area contributed by atoms with Gasteiger partial charge in [-0.3, -0.25) is 4.99 Å². The fourth-order valence-corrected chi connectivity index (χ4v) is 1.33. The Morgan fingerprint density at radius 1 is 1.71 bits per heavy atom. The Morgan fingerprint density at radius 3 is 3.14 bits per heavy atom. The van der Waals surface area contributed by atoms with Crippen molar-refractivity contribution >= 4 is 11.8 Å². The summed E-state index contributed by atoms with van der Waals surface area (Å²) in [5.41, 5.74) is 0. The number of aliphatic imine (C=N–C) groups is 1. The lowest BCUT2D eigenvalue weighted by atomic mass is 10.3. The zero-order valence-electron chi connectivity index (χ0n) is 8.02. The normalized spacial score (nSPS) is 16.0. The molecule has 0 atom stereocenters. The summed E-state index contributed by atoms with van der Waals surface area (Å²) in [6, 6.07) is 0. The Morgan fingerprint density at radius 2 is 2.50 bits per heavy atom. The zero-order chi connectivity index (χ0) is 10.4. The predicted octanol–water partition coefficient (Wildman–Crippen LogP) is 0.917. The van der Waals surface area contributed by atoms with E-state index in [2.05, 4.69) is 16.5 Å². The van der Waals surface area contributed by atoms with E-state index in [1.54, 1.807) is 12.2 Å². The third-order valence-electron chi connectivity index (χ3n) is 1.94. The van der Waals surface area contributed by atoms with Crippen LogP contribution in [0.4, 0.5) is 0 Å². The van der Waals surface area contributed by atoms with Crippen molar-refractivity contribution in [3.05, 3.63) is 24.8 Å². The summed E-state index contributed by atoms with van der Waals surface area (Å²) >= 11 is 0. The number of aliphatic carboxylic acids is 1. The first-order valence-corrected chi connectivity index (χ1v) is 4.52. The van der Waals surface area contributed by atoms with Crippen LogP contribution in [0.3, 0.4) is 0 Å². The molecule has 0 aromatic heterocycles. The van der Waals surface area contributed by atoms with Crippen molar-refractivity contribution in [2.75, 3.05) is 19.6 Å². The van der Waals surface area contributed by atoms with Crippen LogP contribution in [0.15, 0.2) is 29.8 Å². The second-order valence-corrected chi connectivity index (χ2v) is 2.98. The summed E-state index contributed by atoms with van der Waals surface area (Å²) < 4.78 is 0. The molecule has 0 fully saturated rings. The Labute approximate surface area is 83.2 Å². The number of hydrogen-bond acceptors (Lipinski definition) is 3. The van der Waals surface area contributed by atoms with Crippen LogP contribution in [0.25, 0.3) is 0 Å². The summed E-state index contributed by atoms with van der Waals surface area (Å²) in [5.74, 6) is 0.0847. The second-order valence-electron chi connectivity index (χ2n) is 2.98. The maximum atomic E-state index is 10.2. The largest absolute Gasteiger partial charge is 0.478 e. The second kappa shape index (κ2) is 5.21. The van der Waals surface area contributed by atoms with Gasteiger partial charge in [0.1, 0.15) is 5.84 Å². The third-order valence-corrected chi connectivity index (χ3v) is 1.94. The lowest BCUT2D eigenvalue weighted by Gasteiger charge is -2.16. The Hall–Kier alpha value is -1.58. The van der Waals surface area contributed by atoms with E-state index in [0.717, 1.165) is 31.4 Å². The molecule has 4 nitrogen and oxygen atoms in total. The lowest BCUT2D eigenvalue weighted by Crippen LogP contribution is -2.27. The minimum atomic E-state index is -0.911. The van der Waals surface area contributed by atoms with Crippen molar-refractivity contribution in [2.24, 2.45) is 4.99 Å². The average Bonchev–Trinajstić information content (AvgIpc) is 2.53. The molecule has 0 unspecified atom stereocenters. The van der Waals surface area contributed by atoms with E-state index in [1.807, 2.05) is 0 Å². The molecular weight excluding hydrogens is 180 g/mol. The number of carboxylic acids is 1. The first kappa shape index (κ1) is 10.5. The van der Waals surface area contributed by atoms with Crippen LogP contribution in [0, 0.1) is 0 Å². The molecule has 1 heterocycles. The van der Waals surface area contributed by atoms with Gasteiger partial charge in [0.2, 0.25) is 0 Å². The van der Waals surface area contributed by atoms with Gasteiger partial charge in [-0.1, -0.05) is 12.2 Å². The number of hydrogen-bond donors (Lipinski definition) is 1. The summed E-state index contributed by atoms with van der Waals surface area (Å²) in [6.07, 6.45) is 5.34. The van der Waals surface area contributed by atoms with Gasteiger partial charge in [-0.15, -0.1) is 6.58 Å². The van der Waals surface area contributed by atoms with E-state index in [-0.39, 0.29) is 0 Å². The van der Waals surface area contributed by atoms with Gasteiger partial charge in [0.15, 0.2) is 0 Å². The minimum absolute atomic E-state index is 0.610. The van der Waals surface area contributed by atoms with E-state index in [1.165, 1.54) is 0 Å². The molecule has 0 amide bonds. The lowest BCUT2D eigenvalue weighted by molar-refractivity contribution is -0.131. The van der Waals surface area contributed by atoms with Gasteiger partial charge < -0.3 is 10.0 Å². The highest BCUT2D eigenvalue weighted by atomic mass is 16.4. The van der Waals surface area contributed by atoms with Gasteiger partial charge in [0.25, 0.3) is 0 Å². The fourth-order valence-electron chi connectivity index (χ4n) is 1.33. The van der Waals surface area contributed by atoms with Crippen molar-refractivity contribution in [3.63, 3.8) is 0 Å². The highest BCUT2D eigenvalue weighted by molar-refractivity contribution is 5.85. The Kier molecular flexibility index (Phi) is 3.91. The Bertz CT molecular complexity index is 282. The maximum Gasteiger partial charge on any atom is 0.328 e. The number of rotatable bonds is 5. The smallest absolute Gasteiger partial charge is 0.328 e. The van der Waals surface area contributed by atoms with Gasteiger partial charge in [-0.25, -0.2) is 4.79 Å². The number of amidine groups is 1. The van der Waals surface area contributed by atoms with Crippen molar-refractivity contribution in [1.29, 1.82) is 0 Å². The summed E-state index contributed by atoms with van der Waals surface area (Å²) in [5, 5.41) is 8.40. The number of nitrogens with zero attached hydrogens (tertiary/aromatic N) is 2. The molecule has 76 valence electrons. The van der Waals surface area contributed by atoms with E-state index in [4.69, 9.17) is 5.11 Å². The molecule has 0 radical (unpaired) electrons. The zero-order valence-corrected chi connectivity index (χ0v) is 8.02. The molecule has 1 rings (SSSR count). The first-order valence-electron chi connectivity index (χ1n) is 4.52. The van der Waals surface area contributed by atoms with E-state index < -0.39 is 5.97 Å². The minimum Gasteiger partial charge on any atom is -0.478 e. The number of carboxylic acid groups (broad SMARTS) is 1. The fraction of sp³-hybridized carbons (Fsp3) is 0.400. The van der Waals surface area contributed by atoms with Crippen molar-refractivity contribution in [2.45, 2.75) is 6.42 Å². The standard InChI is InChI=1S/C10H14N2O2/c1-2-4-9-11-6-8-12(9)7-3-5-10(13)14/h2-3,5H,1,4,6-8H2,(H,13,14).